The fraction of sp³-hybridized carbons (Fsp3) is 0.385. The molecule has 1 saturated heterocycles. The van der Waals surface area contributed by atoms with Crippen LogP contribution in [0, 0.1) is 24.0 Å². The van der Waals surface area contributed by atoms with Crippen LogP contribution in [0.25, 0.3) is 5.69 Å². The number of amides is 1. The van der Waals surface area contributed by atoms with Crippen molar-refractivity contribution in [1.82, 2.24) is 19.4 Å². The summed E-state index contributed by atoms with van der Waals surface area (Å²) in [4.78, 5) is 25.4. The lowest BCUT2D eigenvalue weighted by atomic mass is 10.2. The van der Waals surface area contributed by atoms with Gasteiger partial charge in [-0.25, -0.2) is 13.1 Å². The number of hydrogen-bond donors (Lipinski definition) is 1. The van der Waals surface area contributed by atoms with Crippen molar-refractivity contribution in [3.05, 3.63) is 69.4 Å². The maximum Gasteiger partial charge on any atom is 0.274 e. The molecule has 0 spiro atoms. The lowest BCUT2D eigenvalue weighted by molar-refractivity contribution is -0.385. The van der Waals surface area contributed by atoms with Crippen molar-refractivity contribution >= 4 is 21.6 Å². The first-order valence-electron chi connectivity index (χ1n) is 12.5. The Morgan fingerprint density at radius 3 is 2.42 bits per heavy atom. The van der Waals surface area contributed by atoms with Crippen LogP contribution in [0.2, 0.25) is 0 Å². The molecule has 0 radical (unpaired) electrons. The third kappa shape index (κ3) is 5.55. The summed E-state index contributed by atoms with van der Waals surface area (Å²) < 4.78 is 36.7. The number of nitrogens with one attached hydrogen (secondary N) is 1. The SMILES string of the molecule is CC[C@@H](C)NS(=O)(=O)c1cc([N+](=O)[O-])ccc1Oc1c(C)c(C(=O)N2CCCC2)nn1-c1ccc(C)cc1. The molecule has 11 nitrogen and oxygen atoms in total. The van der Waals surface area contributed by atoms with Gasteiger partial charge in [-0.15, -0.1) is 0 Å². The predicted octanol–water partition coefficient (Wildman–Crippen LogP) is 4.50. The van der Waals surface area contributed by atoms with Gasteiger partial charge in [0.2, 0.25) is 15.9 Å². The summed E-state index contributed by atoms with van der Waals surface area (Å²) in [6, 6.07) is 10.4. The molecule has 38 heavy (non-hydrogen) atoms. The number of nitrogens with zero attached hydrogens (tertiary/aromatic N) is 4. The first kappa shape index (κ1) is 27.3. The van der Waals surface area contributed by atoms with Gasteiger partial charge in [0, 0.05) is 36.8 Å². The number of aryl methyl sites for hydroxylation is 1. The van der Waals surface area contributed by atoms with Gasteiger partial charge in [-0.3, -0.25) is 14.9 Å². The fourth-order valence-corrected chi connectivity index (χ4v) is 5.63. The van der Waals surface area contributed by atoms with E-state index < -0.39 is 26.7 Å². The molecule has 1 aliphatic heterocycles. The number of benzene rings is 2. The Balaban J connectivity index is 1.86. The molecule has 0 saturated carbocycles. The van der Waals surface area contributed by atoms with E-state index in [1.54, 1.807) is 18.7 Å². The minimum Gasteiger partial charge on any atom is -0.437 e. The molecule has 202 valence electrons. The number of non-ortho nitro benzene ring substituents is 1. The largest absolute Gasteiger partial charge is 0.437 e. The van der Waals surface area contributed by atoms with Crippen LogP contribution in [0.5, 0.6) is 11.6 Å². The predicted molar refractivity (Wildman–Crippen MR) is 141 cm³/mol. The summed E-state index contributed by atoms with van der Waals surface area (Å²) >= 11 is 0. The second kappa shape index (κ2) is 10.9. The third-order valence-corrected chi connectivity index (χ3v) is 8.16. The normalized spacial score (nSPS) is 14.5. The molecular weight excluding hydrogens is 510 g/mol. The van der Waals surface area contributed by atoms with Gasteiger partial charge >= 0.3 is 0 Å². The number of aromatic nitrogens is 2. The van der Waals surface area contributed by atoms with E-state index in [1.807, 2.05) is 38.1 Å². The van der Waals surface area contributed by atoms with Crippen LogP contribution >= 0.6 is 0 Å². The summed E-state index contributed by atoms with van der Waals surface area (Å²) in [5.41, 5.74) is 1.87. The quantitative estimate of drug-likeness (QED) is 0.311. The zero-order valence-electron chi connectivity index (χ0n) is 21.8. The van der Waals surface area contributed by atoms with Crippen molar-refractivity contribution in [2.75, 3.05) is 13.1 Å². The van der Waals surface area contributed by atoms with Crippen molar-refractivity contribution < 1.29 is 22.9 Å². The molecule has 12 heteroatoms. The molecule has 1 fully saturated rings. The van der Waals surface area contributed by atoms with E-state index in [9.17, 15) is 23.3 Å². The topological polar surface area (TPSA) is 137 Å². The van der Waals surface area contributed by atoms with Gasteiger partial charge in [0.25, 0.3) is 11.6 Å². The molecule has 1 amide bonds. The summed E-state index contributed by atoms with van der Waals surface area (Å²) in [5, 5.41) is 16.0. The average molecular weight is 542 g/mol. The van der Waals surface area contributed by atoms with E-state index in [1.165, 1.54) is 16.8 Å². The Morgan fingerprint density at radius 2 is 1.82 bits per heavy atom. The maximum atomic E-state index is 13.3. The highest BCUT2D eigenvalue weighted by Gasteiger charge is 2.30. The number of carbonyl (C=O) groups is 1. The van der Waals surface area contributed by atoms with Crippen LogP contribution in [0.4, 0.5) is 5.69 Å². The van der Waals surface area contributed by atoms with Crippen LogP contribution in [-0.2, 0) is 10.0 Å². The Morgan fingerprint density at radius 1 is 1.16 bits per heavy atom. The van der Waals surface area contributed by atoms with Gasteiger partial charge in [0.05, 0.1) is 10.6 Å². The van der Waals surface area contributed by atoms with Gasteiger partial charge in [-0.1, -0.05) is 24.6 Å². The van der Waals surface area contributed by atoms with Crippen molar-refractivity contribution in [2.24, 2.45) is 0 Å². The van der Waals surface area contributed by atoms with E-state index in [4.69, 9.17) is 4.74 Å². The van der Waals surface area contributed by atoms with Crippen molar-refractivity contribution in [2.45, 2.75) is 57.9 Å². The van der Waals surface area contributed by atoms with E-state index in [2.05, 4.69) is 9.82 Å². The molecule has 1 N–H and O–H groups in total. The lowest BCUT2D eigenvalue weighted by Gasteiger charge is -2.16. The van der Waals surface area contributed by atoms with Gasteiger partial charge in [0.15, 0.2) is 5.69 Å². The highest BCUT2D eigenvalue weighted by atomic mass is 32.2. The smallest absolute Gasteiger partial charge is 0.274 e. The Hall–Kier alpha value is -3.77. The first-order chi connectivity index (χ1) is 18.0. The average Bonchev–Trinajstić information content (AvgIpc) is 3.53. The molecule has 0 unspecified atom stereocenters. The molecule has 3 aromatic rings. The molecule has 0 aliphatic carbocycles. The molecule has 2 heterocycles. The lowest BCUT2D eigenvalue weighted by Crippen LogP contribution is -2.32. The van der Waals surface area contributed by atoms with Crippen molar-refractivity contribution in [1.29, 1.82) is 0 Å². The van der Waals surface area contributed by atoms with Gasteiger partial charge in [0.1, 0.15) is 10.6 Å². The third-order valence-electron chi connectivity index (χ3n) is 6.55. The zero-order chi connectivity index (χ0) is 27.6. The zero-order valence-corrected chi connectivity index (χ0v) is 22.6. The van der Waals surface area contributed by atoms with E-state index >= 15 is 0 Å². The number of nitro groups is 1. The second-order valence-electron chi connectivity index (χ2n) is 9.45. The number of nitro benzene ring substituents is 1. The van der Waals surface area contributed by atoms with Gasteiger partial charge in [-0.2, -0.15) is 9.78 Å². The number of rotatable bonds is 9. The standard InChI is InChI=1S/C26H31N5O6S/c1-5-18(3)28-38(35,36)23-16-21(31(33)34)12-13-22(23)37-26-19(4)24(25(32)29-14-6-7-15-29)27-30(26)20-10-8-17(2)9-11-20/h8-13,16,18,28H,5-7,14-15H2,1-4H3/t18-/m1/s1. The van der Waals surface area contributed by atoms with Crippen molar-refractivity contribution in [3.63, 3.8) is 0 Å². The van der Waals surface area contributed by atoms with Gasteiger partial charge < -0.3 is 9.64 Å². The van der Waals surface area contributed by atoms with Crippen LogP contribution < -0.4 is 9.46 Å². The number of hydrogen-bond acceptors (Lipinski definition) is 7. The number of sulfonamides is 1. The first-order valence-corrected chi connectivity index (χ1v) is 13.9. The maximum absolute atomic E-state index is 13.3. The van der Waals surface area contributed by atoms with Gasteiger partial charge in [-0.05, 0) is 58.2 Å². The van der Waals surface area contributed by atoms with Crippen LogP contribution in [0.1, 0.15) is 54.7 Å². The Kier molecular flexibility index (Phi) is 7.83. The van der Waals surface area contributed by atoms with E-state index in [-0.39, 0.29) is 28.1 Å². The molecule has 0 bridgehead atoms. The summed E-state index contributed by atoms with van der Waals surface area (Å²) in [6.07, 6.45) is 2.35. The second-order valence-corrected chi connectivity index (χ2v) is 11.1. The molecule has 1 aromatic heterocycles. The highest BCUT2D eigenvalue weighted by Crippen LogP contribution is 2.36. The van der Waals surface area contributed by atoms with E-state index in [0.29, 0.717) is 30.8 Å². The Bertz CT molecular complexity index is 1460. The minimum atomic E-state index is -4.18. The number of carbonyl (C=O) groups excluding carboxylic acids is 1. The monoisotopic (exact) mass is 541 g/mol. The highest BCUT2D eigenvalue weighted by molar-refractivity contribution is 7.89. The summed E-state index contributed by atoms with van der Waals surface area (Å²) in [5.74, 6) is -0.209. The summed E-state index contributed by atoms with van der Waals surface area (Å²) in [7, 11) is -4.18. The molecule has 2 aromatic carbocycles. The minimum absolute atomic E-state index is 0.122. The summed E-state index contributed by atoms with van der Waals surface area (Å²) in [6.45, 7) is 8.42. The molecule has 4 rings (SSSR count). The molecule has 1 aliphatic rings. The van der Waals surface area contributed by atoms with Crippen LogP contribution in [0.3, 0.4) is 0 Å². The fourth-order valence-electron chi connectivity index (χ4n) is 4.15. The van der Waals surface area contributed by atoms with Crippen molar-refractivity contribution in [3.8, 4) is 17.3 Å². The van der Waals surface area contributed by atoms with E-state index in [0.717, 1.165) is 24.5 Å². The number of ether oxygens (including phenoxy) is 1. The molecular formula is C26H31N5O6S. The molecule has 1 atom stereocenters. The van der Waals surface area contributed by atoms with Crippen LogP contribution in [-0.4, -0.2) is 53.1 Å². The van der Waals surface area contributed by atoms with Crippen LogP contribution in [0.15, 0.2) is 47.4 Å². The number of likely N-dealkylation sites (tertiary alicyclic amines) is 1. The Labute approximate surface area is 221 Å².